The quantitative estimate of drug-likeness (QED) is 0.588. The molecule has 9 heteroatoms. The molecule has 2 atom stereocenters. The maximum atomic E-state index is 12.2. The van der Waals surface area contributed by atoms with E-state index in [1.54, 1.807) is 0 Å². The predicted octanol–water partition coefficient (Wildman–Crippen LogP) is 1.47. The van der Waals surface area contributed by atoms with E-state index in [0.717, 1.165) is 13.0 Å². The number of amides is 1. The lowest BCUT2D eigenvalue weighted by Crippen LogP contribution is -2.45. The van der Waals surface area contributed by atoms with Gasteiger partial charge in [0.15, 0.2) is 0 Å². The Labute approximate surface area is 152 Å². The van der Waals surface area contributed by atoms with Gasteiger partial charge in [-0.25, -0.2) is 0 Å². The number of β-amino-alcohol motifs (C(OH)–C–C–N with tert-alkyl or cyclic N) is 1. The fourth-order valence-corrected chi connectivity index (χ4v) is 2.53. The molecule has 0 aromatic heterocycles. The Morgan fingerprint density at radius 3 is 2.83 bits per heavy atom. The Kier molecular flexibility index (Phi) is 9.65. The van der Waals surface area contributed by atoms with Gasteiger partial charge in [-0.15, -0.1) is 24.8 Å². The lowest BCUT2D eigenvalue weighted by molar-refractivity contribution is 0.0752. The molecule has 0 bridgehead atoms. The fourth-order valence-electron chi connectivity index (χ4n) is 2.37. The number of hydrogen-bond donors (Lipinski definition) is 4. The van der Waals surface area contributed by atoms with Crippen LogP contribution < -0.4 is 21.1 Å². The molecule has 1 heterocycles. The maximum Gasteiger partial charge on any atom is 0.255 e. The van der Waals surface area contributed by atoms with E-state index >= 15 is 0 Å². The topological polar surface area (TPSA) is 96.6 Å². The van der Waals surface area contributed by atoms with Crippen LogP contribution in [0.25, 0.3) is 0 Å². The van der Waals surface area contributed by atoms with Gasteiger partial charge in [0, 0.05) is 25.1 Å². The monoisotopic (exact) mass is 385 g/mol. The van der Waals surface area contributed by atoms with Gasteiger partial charge in [0.1, 0.15) is 5.75 Å². The van der Waals surface area contributed by atoms with E-state index in [2.05, 4.69) is 10.6 Å². The fraction of sp³-hybridized carbons (Fsp3) is 0.500. The lowest BCUT2D eigenvalue weighted by Gasteiger charge is -2.28. The second-order valence-electron chi connectivity index (χ2n) is 5.10. The predicted molar refractivity (Wildman–Crippen MR) is 96.2 cm³/mol. The number of piperidine rings is 1. The van der Waals surface area contributed by atoms with Crippen molar-refractivity contribution in [1.82, 2.24) is 10.6 Å². The molecule has 0 spiro atoms. The van der Waals surface area contributed by atoms with Crippen molar-refractivity contribution in [2.45, 2.75) is 12.5 Å². The van der Waals surface area contributed by atoms with Gasteiger partial charge >= 0.3 is 0 Å². The Hall–Kier alpha value is -0.920. The molecule has 5 N–H and O–H groups in total. The van der Waals surface area contributed by atoms with Gasteiger partial charge in [0.2, 0.25) is 0 Å². The lowest BCUT2D eigenvalue weighted by atomic mass is 9.95. The number of ether oxygens (including phenoxy) is 1. The number of benzene rings is 1. The third-order valence-electron chi connectivity index (χ3n) is 3.68. The van der Waals surface area contributed by atoms with Crippen molar-refractivity contribution in [3.8, 4) is 5.75 Å². The van der Waals surface area contributed by atoms with Crippen molar-refractivity contribution in [1.29, 1.82) is 0 Å². The van der Waals surface area contributed by atoms with Crippen LogP contribution in [-0.4, -0.2) is 43.9 Å². The highest BCUT2D eigenvalue weighted by Crippen LogP contribution is 2.28. The highest BCUT2D eigenvalue weighted by Gasteiger charge is 2.24. The number of aliphatic hydroxyl groups excluding tert-OH is 1. The zero-order chi connectivity index (χ0) is 15.4. The summed E-state index contributed by atoms with van der Waals surface area (Å²) in [4.78, 5) is 12.2. The highest BCUT2D eigenvalue weighted by atomic mass is 35.5. The number of hydrogen-bond acceptors (Lipinski definition) is 5. The van der Waals surface area contributed by atoms with Crippen molar-refractivity contribution in [2.24, 2.45) is 5.92 Å². The molecule has 1 aliphatic heterocycles. The van der Waals surface area contributed by atoms with Gasteiger partial charge in [-0.1, -0.05) is 11.6 Å². The van der Waals surface area contributed by atoms with Crippen LogP contribution in [-0.2, 0) is 0 Å². The number of nitrogens with one attached hydrogen (secondary N) is 2. The number of rotatable bonds is 4. The van der Waals surface area contributed by atoms with Crippen LogP contribution in [0.1, 0.15) is 16.8 Å². The van der Waals surface area contributed by atoms with Crippen LogP contribution in [0.4, 0.5) is 5.69 Å². The minimum Gasteiger partial charge on any atom is -0.496 e. The zero-order valence-corrected chi connectivity index (χ0v) is 15.1. The molecule has 0 saturated carbocycles. The Morgan fingerprint density at radius 2 is 2.22 bits per heavy atom. The minimum atomic E-state index is -0.448. The zero-order valence-electron chi connectivity index (χ0n) is 12.7. The van der Waals surface area contributed by atoms with Crippen molar-refractivity contribution in [3.63, 3.8) is 0 Å². The molecule has 1 aromatic rings. The third kappa shape index (κ3) is 5.58. The van der Waals surface area contributed by atoms with Crippen LogP contribution in [0.15, 0.2) is 12.1 Å². The van der Waals surface area contributed by atoms with Gasteiger partial charge < -0.3 is 26.2 Å². The molecule has 6 nitrogen and oxygen atoms in total. The summed E-state index contributed by atoms with van der Waals surface area (Å²) in [7, 11) is 1.47. The van der Waals surface area contributed by atoms with Gasteiger partial charge in [0.25, 0.3) is 5.91 Å². The average molecular weight is 387 g/mol. The van der Waals surface area contributed by atoms with Crippen LogP contribution >= 0.6 is 36.4 Å². The molecule has 0 aliphatic carbocycles. The van der Waals surface area contributed by atoms with Crippen LogP contribution in [0.3, 0.4) is 0 Å². The van der Waals surface area contributed by atoms with Crippen molar-refractivity contribution < 1.29 is 14.6 Å². The van der Waals surface area contributed by atoms with Crippen LogP contribution in [0, 0.1) is 5.92 Å². The minimum absolute atomic E-state index is 0. The molecule has 1 aliphatic rings. The van der Waals surface area contributed by atoms with E-state index in [9.17, 15) is 9.90 Å². The first-order chi connectivity index (χ1) is 10.0. The largest absolute Gasteiger partial charge is 0.496 e. The summed E-state index contributed by atoms with van der Waals surface area (Å²) < 4.78 is 5.16. The van der Waals surface area contributed by atoms with Crippen molar-refractivity contribution in [2.75, 3.05) is 32.5 Å². The molecule has 2 rings (SSSR count). The Bertz CT molecular complexity index is 531. The molecular weight excluding hydrogens is 365 g/mol. The van der Waals surface area contributed by atoms with Crippen LogP contribution in [0.5, 0.6) is 5.75 Å². The first-order valence-electron chi connectivity index (χ1n) is 6.83. The summed E-state index contributed by atoms with van der Waals surface area (Å²) in [6, 6.07) is 3.01. The van der Waals surface area contributed by atoms with E-state index in [1.165, 1.54) is 19.2 Å². The molecule has 1 fully saturated rings. The number of halogens is 3. The molecule has 132 valence electrons. The number of anilines is 1. The molecule has 0 radical (unpaired) electrons. The first-order valence-corrected chi connectivity index (χ1v) is 7.20. The highest BCUT2D eigenvalue weighted by molar-refractivity contribution is 6.33. The summed E-state index contributed by atoms with van der Waals surface area (Å²) >= 11 is 5.95. The average Bonchev–Trinajstić information content (AvgIpc) is 2.48. The van der Waals surface area contributed by atoms with E-state index in [-0.39, 0.29) is 36.6 Å². The van der Waals surface area contributed by atoms with Gasteiger partial charge in [0.05, 0.1) is 29.5 Å². The molecular formula is C14H22Cl3N3O3. The standard InChI is InChI=1S/C14H20ClN3O3.2ClH/c1-21-13-5-11(16)10(15)4-9(13)14(20)18-6-8-2-3-17-7-12(8)19;;/h4-5,8,12,17,19H,2-3,6-7,16H2,1H3,(H,18,20);2*1H/t8-,12-;;/m1../s1. The maximum absolute atomic E-state index is 12.2. The third-order valence-corrected chi connectivity index (χ3v) is 4.01. The Morgan fingerprint density at radius 1 is 1.52 bits per heavy atom. The number of aliphatic hydroxyl groups is 1. The number of nitrogen functional groups attached to an aromatic ring is 1. The number of carbonyl (C=O) groups excluding carboxylic acids is 1. The number of methoxy groups -OCH3 is 1. The number of carbonyl (C=O) groups is 1. The van der Waals surface area contributed by atoms with Crippen LogP contribution in [0.2, 0.25) is 5.02 Å². The summed E-state index contributed by atoms with van der Waals surface area (Å²) in [5.41, 5.74) is 6.38. The molecule has 23 heavy (non-hydrogen) atoms. The Balaban J connectivity index is 0.00000242. The number of nitrogens with two attached hydrogens (primary N) is 1. The second-order valence-corrected chi connectivity index (χ2v) is 5.51. The summed E-state index contributed by atoms with van der Waals surface area (Å²) in [6.07, 6.45) is 0.372. The van der Waals surface area contributed by atoms with Crippen molar-refractivity contribution in [3.05, 3.63) is 22.7 Å². The van der Waals surface area contributed by atoms with E-state index < -0.39 is 6.10 Å². The van der Waals surface area contributed by atoms with E-state index in [1.807, 2.05) is 0 Å². The second kappa shape index (κ2) is 10.1. The molecule has 1 aromatic carbocycles. The van der Waals surface area contributed by atoms with Crippen molar-refractivity contribution >= 4 is 48.0 Å². The van der Waals surface area contributed by atoms with E-state index in [4.69, 9.17) is 22.1 Å². The molecule has 1 saturated heterocycles. The SMILES string of the molecule is COc1cc(N)c(Cl)cc1C(=O)NC[C@H]1CCNC[C@H]1O.Cl.Cl. The smallest absolute Gasteiger partial charge is 0.255 e. The summed E-state index contributed by atoms with van der Waals surface area (Å²) in [6.45, 7) is 1.80. The summed E-state index contributed by atoms with van der Waals surface area (Å²) in [5, 5.41) is 16.1. The summed E-state index contributed by atoms with van der Waals surface area (Å²) in [5.74, 6) is 0.130. The normalized spacial score (nSPS) is 20.0. The molecule has 0 unspecified atom stereocenters. The van der Waals surface area contributed by atoms with E-state index in [0.29, 0.717) is 35.1 Å². The van der Waals surface area contributed by atoms with Gasteiger partial charge in [-0.2, -0.15) is 0 Å². The van der Waals surface area contributed by atoms with Gasteiger partial charge in [-0.05, 0) is 19.0 Å². The first kappa shape index (κ1) is 22.1. The van der Waals surface area contributed by atoms with Gasteiger partial charge in [-0.3, -0.25) is 4.79 Å². The molecule has 1 amide bonds.